The van der Waals surface area contributed by atoms with E-state index in [-0.39, 0.29) is 5.56 Å². The first-order chi connectivity index (χ1) is 12.1. The van der Waals surface area contributed by atoms with Crippen LogP contribution >= 0.6 is 27.7 Å². The van der Waals surface area contributed by atoms with Gasteiger partial charge in [0.25, 0.3) is 16.7 Å². The van der Waals surface area contributed by atoms with Gasteiger partial charge in [0.1, 0.15) is 11.4 Å². The summed E-state index contributed by atoms with van der Waals surface area (Å²) in [6.45, 7) is 1.83. The van der Waals surface area contributed by atoms with Crippen molar-refractivity contribution in [2.45, 2.75) is 17.9 Å². The molecular formula is C16H11BrN4O3S. The Morgan fingerprint density at radius 1 is 1.28 bits per heavy atom. The number of aromatic nitrogens is 4. The molecule has 0 aliphatic carbocycles. The summed E-state index contributed by atoms with van der Waals surface area (Å²) in [4.78, 5) is 16.7. The van der Waals surface area contributed by atoms with Gasteiger partial charge >= 0.3 is 0 Å². The Kier molecular flexibility index (Phi) is 4.18. The number of rotatable bonds is 4. The van der Waals surface area contributed by atoms with Gasteiger partial charge in [-0.15, -0.1) is 10.2 Å². The van der Waals surface area contributed by atoms with Crippen LogP contribution in [-0.2, 0) is 5.75 Å². The molecule has 0 aliphatic rings. The molecule has 0 aliphatic heterocycles. The molecule has 4 heterocycles. The average molecular weight is 419 g/mol. The summed E-state index contributed by atoms with van der Waals surface area (Å²) in [5.41, 5.74) is 1.87. The van der Waals surface area contributed by atoms with E-state index in [0.717, 1.165) is 15.8 Å². The third kappa shape index (κ3) is 3.24. The van der Waals surface area contributed by atoms with Gasteiger partial charge in [0.05, 0.1) is 17.5 Å². The van der Waals surface area contributed by atoms with Crippen molar-refractivity contribution in [2.24, 2.45) is 0 Å². The predicted octanol–water partition coefficient (Wildman–Crippen LogP) is 3.70. The predicted molar refractivity (Wildman–Crippen MR) is 95.5 cm³/mol. The number of aryl methyl sites for hydroxylation is 1. The van der Waals surface area contributed by atoms with Gasteiger partial charge in [-0.05, 0) is 41.1 Å². The summed E-state index contributed by atoms with van der Waals surface area (Å²) in [6, 6.07) is 6.91. The number of pyridine rings is 1. The Labute approximate surface area is 154 Å². The lowest BCUT2D eigenvalue weighted by molar-refractivity contribution is 0.463. The molecule has 25 heavy (non-hydrogen) atoms. The molecule has 4 aromatic rings. The van der Waals surface area contributed by atoms with E-state index in [4.69, 9.17) is 8.83 Å². The number of halogens is 1. The number of thioether (sulfide) groups is 1. The summed E-state index contributed by atoms with van der Waals surface area (Å²) in [5.74, 6) is 1.58. The molecule has 0 spiro atoms. The highest BCUT2D eigenvalue weighted by Crippen LogP contribution is 2.27. The lowest BCUT2D eigenvalue weighted by Crippen LogP contribution is -2.15. The molecule has 0 atom stereocenters. The maximum atomic E-state index is 12.2. The van der Waals surface area contributed by atoms with Crippen molar-refractivity contribution in [3.05, 3.63) is 63.0 Å². The Balaban J connectivity index is 1.55. The van der Waals surface area contributed by atoms with E-state index < -0.39 is 0 Å². The van der Waals surface area contributed by atoms with E-state index in [1.165, 1.54) is 22.2 Å². The van der Waals surface area contributed by atoms with Crippen LogP contribution in [0.5, 0.6) is 0 Å². The van der Waals surface area contributed by atoms with E-state index in [9.17, 15) is 4.79 Å². The monoisotopic (exact) mass is 418 g/mol. The molecule has 0 radical (unpaired) electrons. The fourth-order valence-corrected chi connectivity index (χ4v) is 3.31. The van der Waals surface area contributed by atoms with E-state index in [1.54, 1.807) is 24.6 Å². The van der Waals surface area contributed by atoms with Crippen molar-refractivity contribution in [1.82, 2.24) is 19.6 Å². The first kappa shape index (κ1) is 16.1. The number of fused-ring (bicyclic) bond motifs is 1. The van der Waals surface area contributed by atoms with Gasteiger partial charge < -0.3 is 8.83 Å². The molecule has 0 bridgehead atoms. The molecule has 0 saturated carbocycles. The van der Waals surface area contributed by atoms with Gasteiger partial charge in [-0.25, -0.2) is 4.98 Å². The van der Waals surface area contributed by atoms with Crippen molar-refractivity contribution < 1.29 is 8.83 Å². The van der Waals surface area contributed by atoms with Gasteiger partial charge in [0.15, 0.2) is 0 Å². The van der Waals surface area contributed by atoms with Crippen molar-refractivity contribution in [3.63, 3.8) is 0 Å². The Morgan fingerprint density at radius 2 is 2.16 bits per heavy atom. The van der Waals surface area contributed by atoms with Crippen LogP contribution in [0.15, 0.2) is 60.0 Å². The molecule has 0 aromatic carbocycles. The fraction of sp³-hybridized carbons (Fsp3) is 0.125. The van der Waals surface area contributed by atoms with E-state index in [2.05, 4.69) is 31.1 Å². The zero-order valence-corrected chi connectivity index (χ0v) is 15.4. The first-order valence-electron chi connectivity index (χ1n) is 7.29. The fourth-order valence-electron chi connectivity index (χ4n) is 2.32. The zero-order valence-electron chi connectivity index (χ0n) is 13.0. The second-order valence-corrected chi connectivity index (χ2v) is 7.06. The van der Waals surface area contributed by atoms with E-state index in [0.29, 0.717) is 28.2 Å². The highest BCUT2D eigenvalue weighted by molar-refractivity contribution is 9.10. The molecule has 126 valence electrons. The van der Waals surface area contributed by atoms with Crippen LogP contribution in [0, 0.1) is 6.92 Å². The minimum absolute atomic E-state index is 0.137. The number of furan rings is 1. The number of hydrogen-bond donors (Lipinski definition) is 0. The smallest absolute Gasteiger partial charge is 0.277 e. The molecule has 4 aromatic heterocycles. The SMILES string of the molecule is Cc1occc1-c1nnc(SCc2cc(=O)n3cc(Br)ccc3n2)o1. The quantitative estimate of drug-likeness (QED) is 0.466. The molecule has 0 amide bonds. The van der Waals surface area contributed by atoms with Crippen LogP contribution in [0.25, 0.3) is 17.1 Å². The topological polar surface area (TPSA) is 86.4 Å². The molecule has 0 saturated heterocycles. The van der Waals surface area contributed by atoms with E-state index in [1.807, 2.05) is 13.0 Å². The van der Waals surface area contributed by atoms with Crippen LogP contribution in [0.3, 0.4) is 0 Å². The lowest BCUT2D eigenvalue weighted by Gasteiger charge is -2.03. The highest BCUT2D eigenvalue weighted by atomic mass is 79.9. The third-order valence-electron chi connectivity index (χ3n) is 3.52. The minimum atomic E-state index is -0.137. The Bertz CT molecular complexity index is 1120. The van der Waals surface area contributed by atoms with Gasteiger partial charge in [-0.3, -0.25) is 9.20 Å². The van der Waals surface area contributed by atoms with Crippen LogP contribution in [0.4, 0.5) is 0 Å². The summed E-state index contributed by atoms with van der Waals surface area (Å²) < 4.78 is 13.2. The van der Waals surface area contributed by atoms with Gasteiger partial charge in [0.2, 0.25) is 0 Å². The summed E-state index contributed by atoms with van der Waals surface area (Å²) in [5, 5.41) is 8.44. The molecule has 9 heteroatoms. The van der Waals surface area contributed by atoms with Crippen molar-refractivity contribution in [3.8, 4) is 11.5 Å². The Hall–Kier alpha value is -2.39. The van der Waals surface area contributed by atoms with Gasteiger partial charge in [0, 0.05) is 22.5 Å². The molecule has 7 nitrogen and oxygen atoms in total. The normalized spacial score (nSPS) is 11.3. The first-order valence-corrected chi connectivity index (χ1v) is 9.06. The minimum Gasteiger partial charge on any atom is -0.469 e. The number of nitrogens with zero attached hydrogens (tertiary/aromatic N) is 4. The molecule has 0 fully saturated rings. The third-order valence-corrected chi connectivity index (χ3v) is 4.84. The Morgan fingerprint density at radius 3 is 2.96 bits per heavy atom. The van der Waals surface area contributed by atoms with Crippen LogP contribution in [0.2, 0.25) is 0 Å². The molecule has 4 rings (SSSR count). The summed E-state index contributed by atoms with van der Waals surface area (Å²) in [7, 11) is 0. The van der Waals surface area contributed by atoms with Gasteiger partial charge in [-0.2, -0.15) is 0 Å². The largest absolute Gasteiger partial charge is 0.469 e. The second-order valence-electron chi connectivity index (χ2n) is 5.21. The van der Waals surface area contributed by atoms with Gasteiger partial charge in [-0.1, -0.05) is 11.8 Å². The summed E-state index contributed by atoms with van der Waals surface area (Å²) >= 11 is 4.67. The zero-order chi connectivity index (χ0) is 17.4. The molecular weight excluding hydrogens is 408 g/mol. The van der Waals surface area contributed by atoms with Crippen molar-refractivity contribution in [2.75, 3.05) is 0 Å². The standard InChI is InChI=1S/C16H11BrN4O3S/c1-9-12(4-5-23-9)15-19-20-16(24-15)25-8-11-6-14(22)21-7-10(17)2-3-13(21)18-11/h2-7H,8H2,1H3. The van der Waals surface area contributed by atoms with Crippen molar-refractivity contribution in [1.29, 1.82) is 0 Å². The highest BCUT2D eigenvalue weighted by Gasteiger charge is 2.14. The van der Waals surface area contributed by atoms with Crippen LogP contribution in [-0.4, -0.2) is 19.6 Å². The van der Waals surface area contributed by atoms with Crippen molar-refractivity contribution >= 4 is 33.3 Å². The molecule has 0 unspecified atom stereocenters. The average Bonchev–Trinajstić information content (AvgIpc) is 3.22. The van der Waals surface area contributed by atoms with Crippen LogP contribution < -0.4 is 5.56 Å². The summed E-state index contributed by atoms with van der Waals surface area (Å²) in [6.07, 6.45) is 3.27. The maximum absolute atomic E-state index is 12.2. The maximum Gasteiger partial charge on any atom is 0.277 e. The van der Waals surface area contributed by atoms with Crippen LogP contribution in [0.1, 0.15) is 11.5 Å². The lowest BCUT2D eigenvalue weighted by atomic mass is 10.3. The second kappa shape index (κ2) is 6.49. The number of hydrogen-bond acceptors (Lipinski definition) is 7. The molecule has 0 N–H and O–H groups in total. The van der Waals surface area contributed by atoms with E-state index >= 15 is 0 Å².